The van der Waals surface area contributed by atoms with Crippen molar-refractivity contribution in [3.05, 3.63) is 10.1 Å². The molecule has 6 heavy (non-hydrogen) atoms. The summed E-state index contributed by atoms with van der Waals surface area (Å²) in [5.41, 5.74) is 0. The van der Waals surface area contributed by atoms with Gasteiger partial charge in [0.15, 0.2) is 0 Å². The maximum Gasteiger partial charge on any atom is 2.00 e. The molecule has 0 bridgehead atoms. The van der Waals surface area contributed by atoms with Crippen LogP contribution in [0.25, 0.3) is 0 Å². The smallest absolute Gasteiger partial charge is 0.328 e. The van der Waals surface area contributed by atoms with Crippen LogP contribution < -0.4 is 0 Å². The first-order valence-electron chi connectivity index (χ1n) is 0.565. The number of nitrogens with zero attached hydrogens (tertiary/aromatic N) is 1. The second-order valence-electron chi connectivity index (χ2n) is 0.238. The zero-order chi connectivity index (χ0) is 3.58. The summed E-state index contributed by atoms with van der Waals surface area (Å²) in [4.78, 5) is 8.36. The molecule has 6 heteroatoms. The Morgan fingerprint density at radius 2 is 1.50 bits per heavy atom. The first kappa shape index (κ1) is 15.7. The Labute approximate surface area is 75.0 Å². The molecule has 4 nitrogen and oxygen atoms in total. The van der Waals surface area contributed by atoms with Crippen LogP contribution in [-0.4, -0.2) is 10.3 Å². The van der Waals surface area contributed by atoms with E-state index in [0.29, 0.717) is 0 Å². The molecule has 0 rings (SSSR count). The molecular formula is HHg2NO3+4. The van der Waals surface area contributed by atoms with Gasteiger partial charge in [-0.1, -0.05) is 0 Å². The van der Waals surface area contributed by atoms with Crippen LogP contribution in [0.4, 0.5) is 0 Å². The Balaban J connectivity index is -0.0000000450. The Morgan fingerprint density at radius 3 is 1.50 bits per heavy atom. The van der Waals surface area contributed by atoms with E-state index in [1.165, 1.54) is 0 Å². The van der Waals surface area contributed by atoms with Crippen molar-refractivity contribution in [1.82, 2.24) is 0 Å². The standard InChI is InChI=1S/2Hg.HNO3/c;;2-1(3)4/h;;(H,2,3,4)/q2*+2;/i2*1+2;. The van der Waals surface area contributed by atoms with Crippen molar-refractivity contribution in [1.29, 1.82) is 0 Å². The first-order chi connectivity index (χ1) is 1.73. The molecule has 0 amide bonds. The quantitative estimate of drug-likeness (QED) is 0.300. The maximum absolute atomic E-state index is 8.36. The molecule has 0 radical (unpaired) electrons. The van der Waals surface area contributed by atoms with Crippen molar-refractivity contribution < 1.29 is 65.6 Å². The minimum Gasteiger partial charge on any atom is -0.328 e. The Hall–Kier alpha value is 1.07. The monoisotopic (exact) mass is 469 g/mol. The first-order valence-corrected chi connectivity index (χ1v) is 0.565. The van der Waals surface area contributed by atoms with Crippen LogP contribution in [-0.2, 0) is 55.3 Å². The third-order valence-corrected chi connectivity index (χ3v) is 0. The third kappa shape index (κ3) is 73.3. The van der Waals surface area contributed by atoms with E-state index in [-0.39, 0.29) is 55.3 Å². The van der Waals surface area contributed by atoms with Gasteiger partial charge in [0.25, 0.3) is 5.09 Å². The Kier molecular flexibility index (Phi) is 24.7. The van der Waals surface area contributed by atoms with E-state index in [1.54, 1.807) is 0 Å². The second kappa shape index (κ2) is 9.42. The molecule has 0 unspecified atom stereocenters. The van der Waals surface area contributed by atoms with E-state index in [1.807, 2.05) is 0 Å². The minimum absolute atomic E-state index is 0. The SMILES string of the molecule is O=[N+]([O-])O.[203Hg+2].[203Hg+2]. The van der Waals surface area contributed by atoms with Gasteiger partial charge in [-0.05, 0) is 0 Å². The summed E-state index contributed by atoms with van der Waals surface area (Å²) in [7, 11) is 0. The van der Waals surface area contributed by atoms with E-state index in [4.69, 9.17) is 15.3 Å². The molecule has 0 aromatic carbocycles. The molecule has 0 aliphatic heterocycles. The third-order valence-electron chi connectivity index (χ3n) is 0. The fourth-order valence-electron chi connectivity index (χ4n) is 0. The largest absolute Gasteiger partial charge is 2.00 e. The van der Waals surface area contributed by atoms with E-state index in [2.05, 4.69) is 0 Å². The number of rotatable bonds is 0. The van der Waals surface area contributed by atoms with Crippen molar-refractivity contribution in [2.24, 2.45) is 0 Å². The van der Waals surface area contributed by atoms with E-state index < -0.39 is 5.09 Å². The zero-order valence-electron chi connectivity index (χ0n) is 3.13. The van der Waals surface area contributed by atoms with Crippen molar-refractivity contribution in [3.63, 3.8) is 0 Å². The van der Waals surface area contributed by atoms with E-state index in [0.717, 1.165) is 0 Å². The molecule has 0 aromatic rings. The van der Waals surface area contributed by atoms with Crippen LogP contribution in [0, 0.1) is 10.1 Å². The van der Waals surface area contributed by atoms with Gasteiger partial charge in [0.1, 0.15) is 0 Å². The predicted molar refractivity (Wildman–Crippen MR) is 8.78 cm³/mol. The molecule has 0 heterocycles. The fourth-order valence-corrected chi connectivity index (χ4v) is 0. The molecule has 0 aliphatic rings. The summed E-state index contributed by atoms with van der Waals surface area (Å²) >= 11 is 0. The van der Waals surface area contributed by atoms with Gasteiger partial charge >= 0.3 is 55.3 Å². The molecule has 0 fully saturated rings. The summed E-state index contributed by atoms with van der Waals surface area (Å²) in [6.45, 7) is 0. The fraction of sp³-hybridized carbons (Fsp3) is 0. The molecule has 1 N–H and O–H groups in total. The van der Waals surface area contributed by atoms with Gasteiger partial charge in [-0.15, -0.1) is 10.1 Å². The van der Waals surface area contributed by atoms with Crippen molar-refractivity contribution in [2.45, 2.75) is 0 Å². The van der Waals surface area contributed by atoms with Gasteiger partial charge in [0.05, 0.1) is 0 Å². The normalized spacial score (nSPS) is 4.00. The summed E-state index contributed by atoms with van der Waals surface area (Å²) in [5.74, 6) is 0. The molecule has 0 atom stereocenters. The van der Waals surface area contributed by atoms with Gasteiger partial charge in [-0.25, -0.2) is 0 Å². The summed E-state index contributed by atoms with van der Waals surface area (Å²) in [6.07, 6.45) is 0. The summed E-state index contributed by atoms with van der Waals surface area (Å²) < 4.78 is 0. The minimum atomic E-state index is -1.50. The van der Waals surface area contributed by atoms with Gasteiger partial charge in [-0.3, -0.25) is 0 Å². The van der Waals surface area contributed by atoms with Crippen LogP contribution >= 0.6 is 0 Å². The zero-order valence-corrected chi connectivity index (χ0v) is 14.1. The number of hydrogen-bond donors (Lipinski definition) is 1. The van der Waals surface area contributed by atoms with E-state index in [9.17, 15) is 0 Å². The Morgan fingerprint density at radius 1 is 1.50 bits per heavy atom. The van der Waals surface area contributed by atoms with Crippen LogP contribution in [0.2, 0.25) is 0 Å². The second-order valence-corrected chi connectivity index (χ2v) is 0.238. The Bertz CT molecular complexity index is 31.8. The van der Waals surface area contributed by atoms with Gasteiger partial charge in [-0.2, -0.15) is 0 Å². The molecule has 0 aromatic heterocycles. The van der Waals surface area contributed by atoms with Crippen LogP contribution in [0.5, 0.6) is 0 Å². The van der Waals surface area contributed by atoms with E-state index >= 15 is 0 Å². The van der Waals surface area contributed by atoms with Crippen LogP contribution in [0.1, 0.15) is 0 Å². The molecule has 0 aliphatic carbocycles. The average Bonchev–Trinajstić information content (AvgIpc) is 0.811. The van der Waals surface area contributed by atoms with Gasteiger partial charge in [0, 0.05) is 0 Å². The van der Waals surface area contributed by atoms with Crippen molar-refractivity contribution >= 4 is 0 Å². The maximum atomic E-state index is 8.36. The molecule has 0 saturated carbocycles. The summed E-state index contributed by atoms with van der Waals surface area (Å²) in [6, 6.07) is 0. The van der Waals surface area contributed by atoms with Crippen LogP contribution in [0.3, 0.4) is 0 Å². The summed E-state index contributed by atoms with van der Waals surface area (Å²) in [5, 5.41) is 13.6. The van der Waals surface area contributed by atoms with Gasteiger partial charge < -0.3 is 5.21 Å². The molecule has 24 valence electrons. The topological polar surface area (TPSA) is 63.4 Å². The molecular weight excluding hydrogens is 468 g/mol. The van der Waals surface area contributed by atoms with Gasteiger partial charge in [0.2, 0.25) is 0 Å². The van der Waals surface area contributed by atoms with Crippen molar-refractivity contribution in [3.8, 4) is 0 Å². The molecule has 0 spiro atoms. The van der Waals surface area contributed by atoms with Crippen LogP contribution in [0.15, 0.2) is 0 Å². The molecule has 0 saturated heterocycles. The van der Waals surface area contributed by atoms with Crippen molar-refractivity contribution in [2.75, 3.05) is 0 Å². The number of hydrogen-bond acceptors (Lipinski definition) is 2. The predicted octanol–water partition coefficient (Wildman–Crippen LogP) is -0.353. The average molecular weight is 469 g/mol.